The van der Waals surface area contributed by atoms with E-state index in [1.807, 2.05) is 43.0 Å². The molecule has 0 radical (unpaired) electrons. The van der Waals surface area contributed by atoms with Gasteiger partial charge in [-0.05, 0) is 31.0 Å². The Balaban J connectivity index is 1.63. The summed E-state index contributed by atoms with van der Waals surface area (Å²) in [5.74, 6) is 2.74. The third-order valence-electron chi connectivity index (χ3n) is 4.24. The molecule has 1 aromatic heterocycles. The zero-order valence-electron chi connectivity index (χ0n) is 14.8. The topological polar surface area (TPSA) is 68.5 Å². The van der Waals surface area contributed by atoms with E-state index in [0.29, 0.717) is 17.5 Å². The smallest absolute Gasteiger partial charge is 0.249 e. The molecule has 0 spiro atoms. The number of thioether (sulfide) groups is 1. The number of hydrogen-bond acceptors (Lipinski definition) is 6. The van der Waals surface area contributed by atoms with Gasteiger partial charge in [0.2, 0.25) is 11.8 Å². The number of rotatable bonds is 6. The first-order valence-corrected chi connectivity index (χ1v) is 9.47. The van der Waals surface area contributed by atoms with Gasteiger partial charge in [0.25, 0.3) is 0 Å². The summed E-state index contributed by atoms with van der Waals surface area (Å²) in [5.41, 5.74) is 0. The predicted octanol–water partition coefficient (Wildman–Crippen LogP) is 3.66. The zero-order chi connectivity index (χ0) is 17.8. The van der Waals surface area contributed by atoms with Crippen LogP contribution in [-0.4, -0.2) is 40.4 Å². The van der Waals surface area contributed by atoms with E-state index in [1.165, 1.54) is 11.8 Å². The molecule has 1 saturated heterocycles. The molecule has 0 saturated carbocycles. The minimum Gasteiger partial charge on any atom is -0.497 e. The highest BCUT2D eigenvalue weighted by atomic mass is 32.2. The van der Waals surface area contributed by atoms with E-state index in [2.05, 4.69) is 10.1 Å². The molecule has 3 rings (SSSR count). The molecule has 1 aromatic carbocycles. The van der Waals surface area contributed by atoms with Crippen molar-refractivity contribution < 1.29 is 14.1 Å². The first kappa shape index (κ1) is 17.8. The van der Waals surface area contributed by atoms with Gasteiger partial charge >= 0.3 is 0 Å². The molecule has 1 aliphatic rings. The second-order valence-electron chi connectivity index (χ2n) is 6.36. The highest BCUT2D eigenvalue weighted by Crippen LogP contribution is 2.33. The van der Waals surface area contributed by atoms with Crippen LogP contribution in [0.15, 0.2) is 33.7 Å². The fourth-order valence-electron chi connectivity index (χ4n) is 2.86. The summed E-state index contributed by atoms with van der Waals surface area (Å²) in [7, 11) is 1.64. The Labute approximate surface area is 151 Å². The van der Waals surface area contributed by atoms with Crippen LogP contribution in [-0.2, 0) is 4.79 Å². The number of amides is 1. The quantitative estimate of drug-likeness (QED) is 0.732. The molecule has 134 valence electrons. The van der Waals surface area contributed by atoms with E-state index < -0.39 is 0 Å². The Morgan fingerprint density at radius 1 is 1.48 bits per heavy atom. The average Bonchev–Trinajstić information content (AvgIpc) is 3.28. The minimum absolute atomic E-state index is 0.0969. The van der Waals surface area contributed by atoms with Crippen LogP contribution >= 0.6 is 11.8 Å². The molecule has 6 nitrogen and oxygen atoms in total. The van der Waals surface area contributed by atoms with Gasteiger partial charge in [-0.3, -0.25) is 4.79 Å². The lowest BCUT2D eigenvalue weighted by Gasteiger charge is -2.21. The number of carbonyl (C=O) groups excluding carboxylic acids is 1. The van der Waals surface area contributed by atoms with Gasteiger partial charge in [0, 0.05) is 17.4 Å². The maximum atomic E-state index is 12.7. The highest BCUT2D eigenvalue weighted by Gasteiger charge is 2.34. The minimum atomic E-state index is -0.0987. The Hall–Kier alpha value is -2.02. The number of likely N-dealkylation sites (tertiary alicyclic amines) is 1. The van der Waals surface area contributed by atoms with Crippen molar-refractivity contribution in [2.24, 2.45) is 0 Å². The van der Waals surface area contributed by atoms with Crippen molar-refractivity contribution in [1.82, 2.24) is 15.0 Å². The fraction of sp³-hybridized carbons (Fsp3) is 0.500. The number of hydrogen-bond donors (Lipinski definition) is 0. The first-order valence-electron chi connectivity index (χ1n) is 8.48. The molecule has 25 heavy (non-hydrogen) atoms. The summed E-state index contributed by atoms with van der Waals surface area (Å²) in [5, 5.41) is 4.02. The van der Waals surface area contributed by atoms with Crippen LogP contribution in [0.5, 0.6) is 5.75 Å². The van der Waals surface area contributed by atoms with E-state index in [-0.39, 0.29) is 17.9 Å². The van der Waals surface area contributed by atoms with Crippen LogP contribution < -0.4 is 4.74 Å². The van der Waals surface area contributed by atoms with Gasteiger partial charge in [0.1, 0.15) is 11.8 Å². The Bertz CT molecular complexity index is 732. The SMILES string of the molecule is COc1cccc(SCC(=O)N2CCC[C@@H]2c2nc(C(C)C)no2)c1. The average molecular weight is 361 g/mol. The van der Waals surface area contributed by atoms with Crippen LogP contribution in [0.4, 0.5) is 0 Å². The van der Waals surface area contributed by atoms with E-state index in [9.17, 15) is 4.79 Å². The molecular weight excluding hydrogens is 338 g/mol. The van der Waals surface area contributed by atoms with Crippen LogP contribution in [0.1, 0.15) is 50.4 Å². The third-order valence-corrected chi connectivity index (χ3v) is 5.21. The molecule has 0 unspecified atom stereocenters. The Kier molecular flexibility index (Phi) is 5.63. The molecule has 1 atom stereocenters. The maximum Gasteiger partial charge on any atom is 0.249 e. The molecule has 0 aliphatic carbocycles. The first-order chi connectivity index (χ1) is 12.1. The van der Waals surface area contributed by atoms with E-state index in [0.717, 1.165) is 30.0 Å². The van der Waals surface area contributed by atoms with Crippen molar-refractivity contribution in [3.05, 3.63) is 36.0 Å². The van der Waals surface area contributed by atoms with Crippen molar-refractivity contribution in [3.63, 3.8) is 0 Å². The number of ether oxygens (including phenoxy) is 1. The predicted molar refractivity (Wildman–Crippen MR) is 95.8 cm³/mol. The molecule has 0 bridgehead atoms. The van der Waals surface area contributed by atoms with Crippen molar-refractivity contribution >= 4 is 17.7 Å². The summed E-state index contributed by atoms with van der Waals surface area (Å²) in [6, 6.07) is 7.64. The molecular formula is C18H23N3O3S. The molecule has 1 amide bonds. The monoisotopic (exact) mass is 361 g/mol. The van der Waals surface area contributed by atoms with E-state index >= 15 is 0 Å². The summed E-state index contributed by atoms with van der Waals surface area (Å²) < 4.78 is 10.6. The Morgan fingerprint density at radius 3 is 3.04 bits per heavy atom. The van der Waals surface area contributed by atoms with Crippen LogP contribution in [0, 0.1) is 0 Å². The number of nitrogens with zero attached hydrogens (tertiary/aromatic N) is 3. The summed E-state index contributed by atoms with van der Waals surface area (Å²) in [4.78, 5) is 20.0. The molecule has 7 heteroatoms. The molecule has 1 fully saturated rings. The van der Waals surface area contributed by atoms with Crippen molar-refractivity contribution in [2.75, 3.05) is 19.4 Å². The van der Waals surface area contributed by atoms with Crippen molar-refractivity contribution in [2.45, 2.75) is 43.5 Å². The number of methoxy groups -OCH3 is 1. The second kappa shape index (κ2) is 7.91. The van der Waals surface area contributed by atoms with Gasteiger partial charge < -0.3 is 14.2 Å². The van der Waals surface area contributed by atoms with Gasteiger partial charge in [0.05, 0.1) is 12.9 Å². The van der Waals surface area contributed by atoms with Gasteiger partial charge in [-0.15, -0.1) is 11.8 Å². The fourth-order valence-corrected chi connectivity index (χ4v) is 3.69. The van der Waals surface area contributed by atoms with Crippen LogP contribution in [0.2, 0.25) is 0 Å². The van der Waals surface area contributed by atoms with Crippen LogP contribution in [0.25, 0.3) is 0 Å². The van der Waals surface area contributed by atoms with Gasteiger partial charge in [-0.2, -0.15) is 4.98 Å². The maximum absolute atomic E-state index is 12.7. The van der Waals surface area contributed by atoms with Gasteiger partial charge in [-0.1, -0.05) is 25.1 Å². The highest BCUT2D eigenvalue weighted by molar-refractivity contribution is 8.00. The lowest BCUT2D eigenvalue weighted by molar-refractivity contribution is -0.129. The molecule has 2 aromatic rings. The molecule has 1 aliphatic heterocycles. The van der Waals surface area contributed by atoms with E-state index in [4.69, 9.17) is 9.26 Å². The third kappa shape index (κ3) is 4.15. The largest absolute Gasteiger partial charge is 0.497 e. The lowest BCUT2D eigenvalue weighted by atomic mass is 10.2. The second-order valence-corrected chi connectivity index (χ2v) is 7.41. The van der Waals surface area contributed by atoms with Crippen molar-refractivity contribution in [1.29, 1.82) is 0 Å². The van der Waals surface area contributed by atoms with Gasteiger partial charge in [-0.25, -0.2) is 0 Å². The molecule has 0 N–H and O–H groups in total. The Morgan fingerprint density at radius 2 is 2.32 bits per heavy atom. The molecule has 2 heterocycles. The summed E-state index contributed by atoms with van der Waals surface area (Å²) >= 11 is 1.51. The lowest BCUT2D eigenvalue weighted by Crippen LogP contribution is -2.32. The van der Waals surface area contributed by atoms with Gasteiger partial charge in [0.15, 0.2) is 5.82 Å². The van der Waals surface area contributed by atoms with Crippen molar-refractivity contribution in [3.8, 4) is 5.75 Å². The van der Waals surface area contributed by atoms with Crippen LogP contribution in [0.3, 0.4) is 0 Å². The standard InChI is InChI=1S/C18H23N3O3S/c1-12(2)17-19-18(24-20-17)15-8-5-9-21(15)16(22)11-25-14-7-4-6-13(10-14)23-3/h4,6-7,10,12,15H,5,8-9,11H2,1-3H3/t15-/m1/s1. The number of aromatic nitrogens is 2. The van der Waals surface area contributed by atoms with E-state index in [1.54, 1.807) is 7.11 Å². The normalized spacial score (nSPS) is 17.3. The summed E-state index contributed by atoms with van der Waals surface area (Å²) in [6.07, 6.45) is 1.83. The number of carbonyl (C=O) groups is 1. The summed E-state index contributed by atoms with van der Waals surface area (Å²) in [6.45, 7) is 4.79. The zero-order valence-corrected chi connectivity index (χ0v) is 15.6. The number of benzene rings is 1.